The number of hydrogen-bond acceptors (Lipinski definition) is 4. The van der Waals surface area contributed by atoms with Gasteiger partial charge in [0.2, 0.25) is 0 Å². The molecule has 0 fully saturated rings. The summed E-state index contributed by atoms with van der Waals surface area (Å²) in [5, 5.41) is 4.12. The molecule has 0 saturated carbocycles. The van der Waals surface area contributed by atoms with Crippen molar-refractivity contribution in [3.63, 3.8) is 0 Å². The molecule has 0 saturated heterocycles. The summed E-state index contributed by atoms with van der Waals surface area (Å²) < 4.78 is 35.9. The highest BCUT2D eigenvalue weighted by molar-refractivity contribution is 6.12. The molecule has 1 aromatic heterocycles. The molecule has 1 aromatic carbocycles. The minimum atomic E-state index is -2.92. The number of allylic oxidation sites excluding steroid dienone is 1. The lowest BCUT2D eigenvalue weighted by atomic mass is 9.90. The molecule has 1 aliphatic carbocycles. The molecule has 0 N–H and O–H groups in total. The van der Waals surface area contributed by atoms with Gasteiger partial charge < -0.3 is 9.47 Å². The summed E-state index contributed by atoms with van der Waals surface area (Å²) in [7, 11) is 3.19. The van der Waals surface area contributed by atoms with Crippen LogP contribution in [0.15, 0.2) is 30.0 Å². The molecule has 2 aromatic rings. The van der Waals surface area contributed by atoms with E-state index in [9.17, 15) is 13.6 Å². The fraction of sp³-hybridized carbons (Fsp3) is 0.294. The van der Waals surface area contributed by atoms with E-state index in [0.717, 1.165) is 12.1 Å². The van der Waals surface area contributed by atoms with Crippen molar-refractivity contribution in [2.45, 2.75) is 19.5 Å². The number of carbonyl (C=O) groups is 1. The van der Waals surface area contributed by atoms with Crippen LogP contribution in [0.1, 0.15) is 28.0 Å². The highest BCUT2D eigenvalue weighted by Gasteiger charge is 2.25. The van der Waals surface area contributed by atoms with Crippen LogP contribution >= 0.6 is 0 Å². The van der Waals surface area contributed by atoms with Crippen molar-refractivity contribution in [2.75, 3.05) is 7.11 Å². The van der Waals surface area contributed by atoms with Crippen LogP contribution in [0.2, 0.25) is 0 Å². The predicted molar refractivity (Wildman–Crippen MR) is 83.5 cm³/mol. The number of aryl methyl sites for hydroxylation is 1. The number of aromatic nitrogens is 2. The van der Waals surface area contributed by atoms with E-state index in [2.05, 4.69) is 9.84 Å². The van der Waals surface area contributed by atoms with Crippen LogP contribution in [-0.2, 0) is 13.5 Å². The first-order chi connectivity index (χ1) is 11.5. The summed E-state index contributed by atoms with van der Waals surface area (Å²) in [4.78, 5) is 12.5. The van der Waals surface area contributed by atoms with Gasteiger partial charge in [-0.15, -0.1) is 0 Å². The van der Waals surface area contributed by atoms with Gasteiger partial charge in [-0.25, -0.2) is 0 Å². The van der Waals surface area contributed by atoms with Crippen LogP contribution in [0.3, 0.4) is 0 Å². The monoisotopic (exact) mass is 334 g/mol. The van der Waals surface area contributed by atoms with E-state index in [-0.39, 0.29) is 17.3 Å². The first-order valence-electron chi connectivity index (χ1n) is 7.38. The number of carbonyl (C=O) groups excluding carboxylic acids is 1. The lowest BCUT2D eigenvalue weighted by Gasteiger charge is -2.15. The number of benzene rings is 1. The molecule has 0 amide bonds. The molecule has 3 rings (SSSR count). The smallest absolute Gasteiger partial charge is 0.387 e. The third-order valence-corrected chi connectivity index (χ3v) is 3.97. The maximum absolute atomic E-state index is 12.5. The number of methoxy groups -OCH3 is 1. The Bertz CT molecular complexity index is 812. The minimum absolute atomic E-state index is 0.0424. The Labute approximate surface area is 137 Å². The van der Waals surface area contributed by atoms with Gasteiger partial charge in [-0.1, -0.05) is 6.07 Å². The van der Waals surface area contributed by atoms with Crippen LogP contribution in [0.5, 0.6) is 11.5 Å². The normalized spacial score (nSPS) is 15.7. The maximum Gasteiger partial charge on any atom is 0.387 e. The number of ether oxygens (including phenoxy) is 2. The highest BCUT2D eigenvalue weighted by atomic mass is 19.3. The lowest BCUT2D eigenvalue weighted by Crippen LogP contribution is -2.15. The SMILES string of the molecule is COc1cc(/C=C2\CCc3c(cnn3C)C2=O)ccc1OC(F)F. The van der Waals surface area contributed by atoms with Gasteiger partial charge in [0.15, 0.2) is 17.3 Å². The van der Waals surface area contributed by atoms with Gasteiger partial charge in [-0.2, -0.15) is 13.9 Å². The number of fused-ring (bicyclic) bond motifs is 1. The van der Waals surface area contributed by atoms with Gasteiger partial charge in [0, 0.05) is 18.3 Å². The summed E-state index contributed by atoms with van der Waals surface area (Å²) >= 11 is 0. The Kier molecular flexibility index (Phi) is 4.33. The molecule has 0 atom stereocenters. The average Bonchev–Trinajstić information content (AvgIpc) is 2.93. The van der Waals surface area contributed by atoms with E-state index in [1.165, 1.54) is 13.2 Å². The summed E-state index contributed by atoms with van der Waals surface area (Å²) in [6.45, 7) is -2.92. The molecule has 5 nitrogen and oxygen atoms in total. The highest BCUT2D eigenvalue weighted by Crippen LogP contribution is 2.32. The summed E-state index contributed by atoms with van der Waals surface area (Å²) in [6.07, 6.45) is 4.65. The van der Waals surface area contributed by atoms with Crippen molar-refractivity contribution < 1.29 is 23.0 Å². The molecule has 126 valence electrons. The van der Waals surface area contributed by atoms with Gasteiger partial charge >= 0.3 is 6.61 Å². The molecule has 1 aliphatic rings. The lowest BCUT2D eigenvalue weighted by molar-refractivity contribution is -0.0512. The molecule has 0 unspecified atom stereocenters. The van der Waals surface area contributed by atoms with Crippen LogP contribution in [0, 0.1) is 0 Å². The molecule has 0 aliphatic heterocycles. The average molecular weight is 334 g/mol. The van der Waals surface area contributed by atoms with E-state index in [1.54, 1.807) is 29.1 Å². The van der Waals surface area contributed by atoms with E-state index in [1.807, 2.05) is 7.05 Å². The van der Waals surface area contributed by atoms with Crippen molar-refractivity contribution in [3.05, 3.63) is 46.8 Å². The van der Waals surface area contributed by atoms with Gasteiger partial charge in [0.25, 0.3) is 0 Å². The molecule has 0 spiro atoms. The fourth-order valence-corrected chi connectivity index (χ4v) is 2.79. The molecule has 1 heterocycles. The zero-order chi connectivity index (χ0) is 17.3. The first kappa shape index (κ1) is 16.2. The topological polar surface area (TPSA) is 53.4 Å². The third kappa shape index (κ3) is 3.02. The molecular weight excluding hydrogens is 318 g/mol. The van der Waals surface area contributed by atoms with Crippen molar-refractivity contribution in [3.8, 4) is 11.5 Å². The quantitative estimate of drug-likeness (QED) is 0.806. The molecule has 0 bridgehead atoms. The second-order valence-electron chi connectivity index (χ2n) is 5.42. The summed E-state index contributed by atoms with van der Waals surface area (Å²) in [5.41, 5.74) is 2.87. The number of halogens is 2. The second-order valence-corrected chi connectivity index (χ2v) is 5.42. The van der Waals surface area contributed by atoms with E-state index < -0.39 is 6.61 Å². The Morgan fingerprint density at radius 2 is 2.08 bits per heavy atom. The molecule has 0 radical (unpaired) electrons. The number of hydrogen-bond donors (Lipinski definition) is 0. The minimum Gasteiger partial charge on any atom is -0.493 e. The fourth-order valence-electron chi connectivity index (χ4n) is 2.79. The Balaban J connectivity index is 1.90. The van der Waals surface area contributed by atoms with Crippen molar-refractivity contribution in [1.82, 2.24) is 9.78 Å². The van der Waals surface area contributed by atoms with Crippen LogP contribution < -0.4 is 9.47 Å². The number of Topliss-reactive ketones (excluding diaryl/α,β-unsaturated/α-hetero) is 1. The molecule has 7 heteroatoms. The first-order valence-corrected chi connectivity index (χ1v) is 7.38. The second kappa shape index (κ2) is 6.43. The zero-order valence-corrected chi connectivity index (χ0v) is 13.3. The Hall–Kier alpha value is -2.70. The number of ketones is 1. The summed E-state index contributed by atoms with van der Waals surface area (Å²) in [6, 6.07) is 4.58. The van der Waals surface area contributed by atoms with Crippen LogP contribution in [0.4, 0.5) is 8.78 Å². The van der Waals surface area contributed by atoms with E-state index >= 15 is 0 Å². The van der Waals surface area contributed by atoms with Gasteiger partial charge in [-0.05, 0) is 36.6 Å². The number of alkyl halides is 2. The Morgan fingerprint density at radius 1 is 1.29 bits per heavy atom. The molecular formula is C17H16F2N2O3. The maximum atomic E-state index is 12.5. The number of nitrogens with zero attached hydrogens (tertiary/aromatic N) is 2. The van der Waals surface area contributed by atoms with Gasteiger partial charge in [0.05, 0.1) is 18.9 Å². The van der Waals surface area contributed by atoms with Gasteiger partial charge in [0.1, 0.15) is 0 Å². The Morgan fingerprint density at radius 3 is 2.79 bits per heavy atom. The molecule has 24 heavy (non-hydrogen) atoms. The van der Waals surface area contributed by atoms with Crippen LogP contribution in [0.25, 0.3) is 6.08 Å². The standard InChI is InChI=1S/C17H16F2N2O3/c1-21-13-5-4-11(16(22)12(13)9-20-21)7-10-3-6-14(24-17(18)19)15(8-10)23-2/h3,6-9,17H,4-5H2,1-2H3/b11-7+. The van der Waals surface area contributed by atoms with E-state index in [0.29, 0.717) is 23.1 Å². The van der Waals surface area contributed by atoms with Crippen molar-refractivity contribution >= 4 is 11.9 Å². The predicted octanol–water partition coefficient (Wildman–Crippen LogP) is 3.24. The number of rotatable bonds is 4. The third-order valence-electron chi connectivity index (χ3n) is 3.97. The van der Waals surface area contributed by atoms with Crippen molar-refractivity contribution in [1.29, 1.82) is 0 Å². The van der Waals surface area contributed by atoms with Gasteiger partial charge in [-0.3, -0.25) is 9.48 Å². The van der Waals surface area contributed by atoms with Crippen molar-refractivity contribution in [2.24, 2.45) is 7.05 Å². The van der Waals surface area contributed by atoms with Crippen LogP contribution in [-0.4, -0.2) is 29.3 Å². The zero-order valence-electron chi connectivity index (χ0n) is 13.3. The largest absolute Gasteiger partial charge is 0.493 e. The van der Waals surface area contributed by atoms with E-state index in [4.69, 9.17) is 4.74 Å². The summed E-state index contributed by atoms with van der Waals surface area (Å²) in [5.74, 6) is 0.0883.